The van der Waals surface area contributed by atoms with E-state index in [-0.39, 0.29) is 11.9 Å². The molecule has 0 aliphatic carbocycles. The summed E-state index contributed by atoms with van der Waals surface area (Å²) < 4.78 is 1.59. The Balaban J connectivity index is 1.60. The first-order chi connectivity index (χ1) is 14.5. The average Bonchev–Trinajstić information content (AvgIpc) is 3.26. The van der Waals surface area contributed by atoms with Gasteiger partial charge in [0, 0.05) is 17.5 Å². The molecule has 30 heavy (non-hydrogen) atoms. The Kier molecular flexibility index (Phi) is 4.83. The molecule has 2 N–H and O–H groups in total. The molecule has 0 radical (unpaired) electrons. The van der Waals surface area contributed by atoms with Gasteiger partial charge in [-0.25, -0.2) is 4.98 Å². The van der Waals surface area contributed by atoms with Crippen molar-refractivity contribution in [2.75, 3.05) is 6.54 Å². The molecule has 0 spiro atoms. The summed E-state index contributed by atoms with van der Waals surface area (Å²) in [6, 6.07) is 17.7. The van der Waals surface area contributed by atoms with Crippen LogP contribution in [0, 0.1) is 6.92 Å². The van der Waals surface area contributed by atoms with Gasteiger partial charge in [0.15, 0.2) is 6.04 Å². The third-order valence-electron chi connectivity index (χ3n) is 6.16. The van der Waals surface area contributed by atoms with Crippen LogP contribution in [-0.4, -0.2) is 26.2 Å². The molecular weight excluding hydrogens is 392 g/mol. The molecule has 154 valence electrons. The van der Waals surface area contributed by atoms with Crippen LogP contribution in [0.4, 0.5) is 0 Å². The van der Waals surface area contributed by atoms with E-state index in [1.807, 2.05) is 6.92 Å². The first kappa shape index (κ1) is 19.3. The van der Waals surface area contributed by atoms with Crippen LogP contribution in [-0.2, 0) is 13.0 Å². The molecule has 0 fully saturated rings. The molecule has 1 aliphatic rings. The number of thiazole rings is 1. The maximum absolute atomic E-state index is 11.1. The maximum Gasteiger partial charge on any atom is 0.235 e. The van der Waals surface area contributed by atoms with E-state index in [0.29, 0.717) is 11.7 Å². The van der Waals surface area contributed by atoms with Crippen molar-refractivity contribution in [1.82, 2.24) is 14.6 Å². The molecule has 6 heteroatoms. The molecule has 2 aromatic carbocycles. The normalized spacial score (nSPS) is 17.4. The molecule has 0 saturated heterocycles. The molecule has 2 atom stereocenters. The van der Waals surface area contributed by atoms with Gasteiger partial charge in [0.25, 0.3) is 0 Å². The summed E-state index contributed by atoms with van der Waals surface area (Å²) in [7, 11) is 0. The van der Waals surface area contributed by atoms with E-state index in [1.165, 1.54) is 27.2 Å². The summed E-state index contributed by atoms with van der Waals surface area (Å²) in [4.78, 5) is 7.63. The molecule has 1 unspecified atom stereocenters. The van der Waals surface area contributed by atoms with Crippen molar-refractivity contribution in [3.05, 3.63) is 81.5 Å². The number of benzene rings is 2. The number of hydrogen-bond donors (Lipinski definition) is 2. The maximum atomic E-state index is 11.1. The van der Waals surface area contributed by atoms with Gasteiger partial charge >= 0.3 is 0 Å². The first-order valence-electron chi connectivity index (χ1n) is 10.6. The summed E-state index contributed by atoms with van der Waals surface area (Å²) in [5.41, 5.74) is 5.40. The van der Waals surface area contributed by atoms with Gasteiger partial charge in [0.1, 0.15) is 17.2 Å². The average molecular weight is 420 g/mol. The van der Waals surface area contributed by atoms with Crippen molar-refractivity contribution in [3.8, 4) is 5.88 Å². The van der Waals surface area contributed by atoms with Crippen molar-refractivity contribution >= 4 is 16.3 Å². The fraction of sp³-hybridized carbons (Fsp3) is 0.333. The largest absolute Gasteiger partial charge is 0.492 e. The third kappa shape index (κ3) is 3.30. The number of quaternary nitrogens is 1. The number of aromatic nitrogens is 3. The van der Waals surface area contributed by atoms with Crippen LogP contribution in [0.2, 0.25) is 0 Å². The van der Waals surface area contributed by atoms with Gasteiger partial charge in [0.2, 0.25) is 10.8 Å². The topological polar surface area (TPSA) is 54.9 Å². The summed E-state index contributed by atoms with van der Waals surface area (Å²) in [5.74, 6) is 1.40. The highest BCUT2D eigenvalue weighted by molar-refractivity contribution is 7.17. The predicted molar refractivity (Wildman–Crippen MR) is 119 cm³/mol. The fourth-order valence-corrected chi connectivity index (χ4v) is 5.72. The van der Waals surface area contributed by atoms with E-state index in [1.54, 1.807) is 15.9 Å². The molecule has 1 aliphatic heterocycles. The van der Waals surface area contributed by atoms with Crippen LogP contribution >= 0.6 is 11.3 Å². The molecule has 0 bridgehead atoms. The van der Waals surface area contributed by atoms with E-state index in [4.69, 9.17) is 0 Å². The van der Waals surface area contributed by atoms with Gasteiger partial charge in [-0.15, -0.1) is 5.10 Å². The Morgan fingerprint density at radius 3 is 2.43 bits per heavy atom. The summed E-state index contributed by atoms with van der Waals surface area (Å²) >= 11 is 1.55. The molecule has 2 aromatic heterocycles. The minimum atomic E-state index is 0.0494. The summed E-state index contributed by atoms with van der Waals surface area (Å²) in [6.45, 7) is 8.26. The highest BCUT2D eigenvalue weighted by Crippen LogP contribution is 2.35. The summed E-state index contributed by atoms with van der Waals surface area (Å²) in [6.07, 6.45) is 1.05. The van der Waals surface area contributed by atoms with E-state index >= 15 is 0 Å². The Morgan fingerprint density at radius 1 is 1.03 bits per heavy atom. The van der Waals surface area contributed by atoms with Gasteiger partial charge in [-0.3, -0.25) is 0 Å². The first-order valence-corrected chi connectivity index (χ1v) is 11.4. The van der Waals surface area contributed by atoms with Crippen LogP contribution in [0.25, 0.3) is 4.96 Å². The lowest BCUT2D eigenvalue weighted by Crippen LogP contribution is -3.12. The van der Waals surface area contributed by atoms with Crippen molar-refractivity contribution in [1.29, 1.82) is 0 Å². The van der Waals surface area contributed by atoms with Crippen molar-refractivity contribution < 1.29 is 10.0 Å². The van der Waals surface area contributed by atoms with E-state index < -0.39 is 0 Å². The van der Waals surface area contributed by atoms with Crippen LogP contribution < -0.4 is 4.90 Å². The van der Waals surface area contributed by atoms with Gasteiger partial charge in [-0.05, 0) is 24.0 Å². The van der Waals surface area contributed by atoms with Gasteiger partial charge in [-0.2, -0.15) is 4.52 Å². The smallest absolute Gasteiger partial charge is 0.235 e. The van der Waals surface area contributed by atoms with Crippen LogP contribution in [0.5, 0.6) is 5.88 Å². The number of nitrogens with one attached hydrogen (secondary N) is 1. The third-order valence-corrected chi connectivity index (χ3v) is 7.25. The monoisotopic (exact) mass is 419 g/mol. The van der Waals surface area contributed by atoms with E-state index in [2.05, 4.69) is 72.5 Å². The van der Waals surface area contributed by atoms with Crippen molar-refractivity contribution in [2.45, 2.75) is 45.7 Å². The summed E-state index contributed by atoms with van der Waals surface area (Å²) in [5, 5.41) is 15.4. The second kappa shape index (κ2) is 7.52. The number of fused-ring (bicyclic) bond motifs is 2. The van der Waals surface area contributed by atoms with Crippen LogP contribution in [0.1, 0.15) is 58.8 Å². The quantitative estimate of drug-likeness (QED) is 0.531. The molecule has 5 rings (SSSR count). The fourth-order valence-electron chi connectivity index (χ4n) is 4.53. The molecule has 5 nitrogen and oxygen atoms in total. The minimum Gasteiger partial charge on any atom is -0.492 e. The Hall–Kier alpha value is -2.70. The van der Waals surface area contributed by atoms with Gasteiger partial charge in [-0.1, -0.05) is 73.7 Å². The number of aryl methyl sites for hydroxylation is 1. The lowest BCUT2D eigenvalue weighted by atomic mass is 9.94. The number of hydrogen-bond acceptors (Lipinski definition) is 4. The number of rotatable bonds is 4. The Labute approximate surface area is 180 Å². The standard InChI is InChI=1S/C24H26N4OS/c1-15(2)17-8-10-19(11-9-17)21(22-23(29)28-24(30-22)25-16(3)26-28)27-13-12-18-6-4-5-7-20(18)14-27/h4-11,15,21,29H,12-14H2,1-3H3/p+1/t21-/m1/s1. The Morgan fingerprint density at radius 2 is 1.73 bits per heavy atom. The zero-order valence-electron chi connectivity index (χ0n) is 17.6. The molecule has 0 amide bonds. The number of nitrogens with zero attached hydrogens (tertiary/aromatic N) is 3. The predicted octanol–water partition coefficient (Wildman–Crippen LogP) is 3.66. The zero-order chi connectivity index (χ0) is 20.8. The SMILES string of the molecule is Cc1nc2sc([C@@H](c3ccc(C(C)C)cc3)[NH+]3CCc4ccccc4C3)c(O)n2n1. The van der Waals surface area contributed by atoms with Crippen LogP contribution in [0.15, 0.2) is 48.5 Å². The molecular formula is C24H27N4OS+. The second-order valence-electron chi connectivity index (χ2n) is 8.50. The van der Waals surface area contributed by atoms with E-state index in [0.717, 1.165) is 29.3 Å². The Bertz CT molecular complexity index is 1190. The molecule has 0 saturated carbocycles. The molecule has 3 heterocycles. The highest BCUT2D eigenvalue weighted by Gasteiger charge is 2.34. The zero-order valence-corrected chi connectivity index (χ0v) is 18.4. The van der Waals surface area contributed by atoms with E-state index in [9.17, 15) is 5.11 Å². The number of aromatic hydroxyl groups is 1. The minimum absolute atomic E-state index is 0.0494. The van der Waals surface area contributed by atoms with Crippen molar-refractivity contribution in [2.24, 2.45) is 0 Å². The lowest BCUT2D eigenvalue weighted by Gasteiger charge is -2.32. The second-order valence-corrected chi connectivity index (χ2v) is 9.51. The van der Waals surface area contributed by atoms with Gasteiger partial charge in [0.05, 0.1) is 6.54 Å². The molecule has 4 aromatic rings. The van der Waals surface area contributed by atoms with Crippen LogP contribution in [0.3, 0.4) is 0 Å². The van der Waals surface area contributed by atoms with Gasteiger partial charge < -0.3 is 10.0 Å². The van der Waals surface area contributed by atoms with Crippen molar-refractivity contribution in [3.63, 3.8) is 0 Å². The highest BCUT2D eigenvalue weighted by atomic mass is 32.1. The lowest BCUT2D eigenvalue weighted by molar-refractivity contribution is -0.940.